The molecule has 4 heteroatoms. The Bertz CT molecular complexity index is 716. The minimum atomic E-state index is -0.297. The first-order valence-corrected chi connectivity index (χ1v) is 5.47. The van der Waals surface area contributed by atoms with Gasteiger partial charge in [-0.1, -0.05) is 24.3 Å². The van der Waals surface area contributed by atoms with E-state index in [1.54, 1.807) is 30.3 Å². The molecule has 18 heavy (non-hydrogen) atoms. The largest absolute Gasteiger partial charge is 0.298 e. The van der Waals surface area contributed by atoms with Gasteiger partial charge >= 0.3 is 0 Å². The van der Waals surface area contributed by atoms with Gasteiger partial charge in [0, 0.05) is 16.5 Å². The lowest BCUT2D eigenvalue weighted by molar-refractivity contribution is 0.112. The molecule has 0 aliphatic carbocycles. The number of hydrogen-bond donors (Lipinski definition) is 1. The third kappa shape index (κ3) is 1.68. The van der Waals surface area contributed by atoms with Crippen LogP contribution in [0.15, 0.2) is 42.5 Å². The number of aromatic nitrogens is 2. The lowest BCUT2D eigenvalue weighted by atomic mass is 10.1. The Morgan fingerprint density at radius 1 is 1.11 bits per heavy atom. The standard InChI is InChI=1S/C14H9FN2O/c15-11-5-6-13-12(7-11)14(17-16-13)10-3-1-9(8-18)2-4-10/h1-8H,(H,16,17). The number of hydrogen-bond acceptors (Lipinski definition) is 2. The van der Waals surface area contributed by atoms with Gasteiger partial charge in [0.05, 0.1) is 11.2 Å². The van der Waals surface area contributed by atoms with Crippen LogP contribution in [0.25, 0.3) is 22.2 Å². The van der Waals surface area contributed by atoms with Crippen molar-refractivity contribution in [1.82, 2.24) is 10.2 Å². The molecule has 0 radical (unpaired) electrons. The van der Waals surface area contributed by atoms with Gasteiger partial charge in [-0.15, -0.1) is 0 Å². The SMILES string of the molecule is O=Cc1ccc(-c2n[nH]c3ccc(F)cc23)cc1. The topological polar surface area (TPSA) is 45.8 Å². The first-order valence-electron chi connectivity index (χ1n) is 5.47. The number of halogens is 1. The molecular formula is C14H9FN2O. The molecule has 0 atom stereocenters. The first kappa shape index (κ1) is 10.7. The number of H-pyrrole nitrogens is 1. The lowest BCUT2D eigenvalue weighted by Gasteiger charge is -1.98. The van der Waals surface area contributed by atoms with E-state index in [0.717, 1.165) is 22.8 Å². The fourth-order valence-electron chi connectivity index (χ4n) is 1.93. The van der Waals surface area contributed by atoms with Crippen molar-refractivity contribution in [3.05, 3.63) is 53.8 Å². The van der Waals surface area contributed by atoms with Crippen LogP contribution in [0.2, 0.25) is 0 Å². The minimum Gasteiger partial charge on any atom is -0.298 e. The average Bonchev–Trinajstić information content (AvgIpc) is 2.82. The maximum Gasteiger partial charge on any atom is 0.150 e. The summed E-state index contributed by atoms with van der Waals surface area (Å²) in [5.74, 6) is -0.297. The van der Waals surface area contributed by atoms with Crippen molar-refractivity contribution in [3.8, 4) is 11.3 Å². The number of benzene rings is 2. The molecule has 0 aliphatic rings. The number of carbonyl (C=O) groups excluding carboxylic acids is 1. The molecule has 3 nitrogen and oxygen atoms in total. The summed E-state index contributed by atoms with van der Waals surface area (Å²) >= 11 is 0. The summed E-state index contributed by atoms with van der Waals surface area (Å²) in [5, 5.41) is 7.77. The second-order valence-electron chi connectivity index (χ2n) is 4.00. The normalized spacial score (nSPS) is 10.7. The van der Waals surface area contributed by atoms with E-state index in [4.69, 9.17) is 0 Å². The fraction of sp³-hybridized carbons (Fsp3) is 0. The molecule has 0 unspecified atom stereocenters. The van der Waals surface area contributed by atoms with Gasteiger partial charge in [-0.2, -0.15) is 5.10 Å². The molecule has 3 aromatic rings. The number of aromatic amines is 1. The summed E-state index contributed by atoms with van der Waals surface area (Å²) in [5.41, 5.74) is 2.91. The predicted molar refractivity (Wildman–Crippen MR) is 66.9 cm³/mol. The maximum absolute atomic E-state index is 13.2. The zero-order chi connectivity index (χ0) is 12.5. The van der Waals surface area contributed by atoms with Gasteiger partial charge in [-0.25, -0.2) is 4.39 Å². The van der Waals surface area contributed by atoms with Crippen LogP contribution in [0.3, 0.4) is 0 Å². The molecule has 0 aliphatic heterocycles. The molecule has 0 saturated heterocycles. The monoisotopic (exact) mass is 240 g/mol. The van der Waals surface area contributed by atoms with Crippen molar-refractivity contribution in [2.45, 2.75) is 0 Å². The van der Waals surface area contributed by atoms with Gasteiger partial charge in [-0.3, -0.25) is 9.89 Å². The summed E-state index contributed by atoms with van der Waals surface area (Å²) in [6.07, 6.45) is 0.784. The van der Waals surface area contributed by atoms with Crippen molar-refractivity contribution in [2.24, 2.45) is 0 Å². The van der Waals surface area contributed by atoms with Crippen LogP contribution in [0.1, 0.15) is 10.4 Å². The average molecular weight is 240 g/mol. The highest BCUT2D eigenvalue weighted by atomic mass is 19.1. The highest BCUT2D eigenvalue weighted by molar-refractivity contribution is 5.93. The summed E-state index contributed by atoms with van der Waals surface area (Å²) in [6, 6.07) is 11.5. The van der Waals surface area contributed by atoms with Gasteiger partial charge in [0.15, 0.2) is 0 Å². The molecule has 1 aromatic heterocycles. The zero-order valence-corrected chi connectivity index (χ0v) is 9.35. The quantitative estimate of drug-likeness (QED) is 0.699. The molecule has 1 heterocycles. The van der Waals surface area contributed by atoms with Crippen LogP contribution < -0.4 is 0 Å². The molecule has 0 fully saturated rings. The lowest BCUT2D eigenvalue weighted by Crippen LogP contribution is -1.82. The molecule has 0 amide bonds. The molecular weight excluding hydrogens is 231 g/mol. The van der Waals surface area contributed by atoms with Crippen LogP contribution in [-0.4, -0.2) is 16.5 Å². The second-order valence-corrected chi connectivity index (χ2v) is 4.00. The number of nitrogens with zero attached hydrogens (tertiary/aromatic N) is 1. The number of aldehydes is 1. The van der Waals surface area contributed by atoms with E-state index in [1.807, 2.05) is 0 Å². The van der Waals surface area contributed by atoms with Gasteiger partial charge in [0.25, 0.3) is 0 Å². The Morgan fingerprint density at radius 3 is 2.61 bits per heavy atom. The molecule has 3 rings (SSSR count). The maximum atomic E-state index is 13.2. The predicted octanol–water partition coefficient (Wildman–Crippen LogP) is 3.18. The molecule has 0 saturated carbocycles. The van der Waals surface area contributed by atoms with Crippen LogP contribution in [-0.2, 0) is 0 Å². The number of nitrogens with one attached hydrogen (secondary N) is 1. The highest BCUT2D eigenvalue weighted by Gasteiger charge is 2.08. The molecule has 0 bridgehead atoms. The summed E-state index contributed by atoms with van der Waals surface area (Å²) in [4.78, 5) is 10.6. The van der Waals surface area contributed by atoms with E-state index in [0.29, 0.717) is 11.3 Å². The summed E-state index contributed by atoms with van der Waals surface area (Å²) < 4.78 is 13.2. The van der Waals surface area contributed by atoms with E-state index in [2.05, 4.69) is 10.2 Å². The first-order chi connectivity index (χ1) is 8.78. The Morgan fingerprint density at radius 2 is 1.89 bits per heavy atom. The van der Waals surface area contributed by atoms with Crippen LogP contribution in [0.4, 0.5) is 4.39 Å². The fourth-order valence-corrected chi connectivity index (χ4v) is 1.93. The van der Waals surface area contributed by atoms with E-state index < -0.39 is 0 Å². The highest BCUT2D eigenvalue weighted by Crippen LogP contribution is 2.26. The van der Waals surface area contributed by atoms with Gasteiger partial charge < -0.3 is 0 Å². The summed E-state index contributed by atoms with van der Waals surface area (Å²) in [7, 11) is 0. The van der Waals surface area contributed by atoms with Gasteiger partial charge in [0.1, 0.15) is 12.1 Å². The minimum absolute atomic E-state index is 0.297. The van der Waals surface area contributed by atoms with Crippen molar-refractivity contribution < 1.29 is 9.18 Å². The van der Waals surface area contributed by atoms with Gasteiger partial charge in [-0.05, 0) is 18.2 Å². The van der Waals surface area contributed by atoms with Crippen molar-refractivity contribution in [3.63, 3.8) is 0 Å². The van der Waals surface area contributed by atoms with Gasteiger partial charge in [0.2, 0.25) is 0 Å². The van der Waals surface area contributed by atoms with Crippen LogP contribution >= 0.6 is 0 Å². The molecule has 1 N–H and O–H groups in total. The van der Waals surface area contributed by atoms with E-state index in [1.165, 1.54) is 12.1 Å². The number of fused-ring (bicyclic) bond motifs is 1. The van der Waals surface area contributed by atoms with Crippen molar-refractivity contribution >= 4 is 17.2 Å². The smallest absolute Gasteiger partial charge is 0.150 e. The molecule has 2 aromatic carbocycles. The Hall–Kier alpha value is -2.49. The van der Waals surface area contributed by atoms with Crippen molar-refractivity contribution in [1.29, 1.82) is 0 Å². The Balaban J connectivity index is 2.18. The van der Waals surface area contributed by atoms with E-state index >= 15 is 0 Å². The van der Waals surface area contributed by atoms with Crippen molar-refractivity contribution in [2.75, 3.05) is 0 Å². The second kappa shape index (κ2) is 4.07. The van der Waals surface area contributed by atoms with Crippen LogP contribution in [0, 0.1) is 5.82 Å². The van der Waals surface area contributed by atoms with Crippen LogP contribution in [0.5, 0.6) is 0 Å². The third-order valence-electron chi connectivity index (χ3n) is 2.85. The third-order valence-corrected chi connectivity index (χ3v) is 2.85. The Labute approximate surface area is 102 Å². The zero-order valence-electron chi connectivity index (χ0n) is 9.35. The Kier molecular flexibility index (Phi) is 2.41. The number of carbonyl (C=O) groups is 1. The molecule has 88 valence electrons. The summed E-state index contributed by atoms with van der Waals surface area (Å²) in [6.45, 7) is 0. The van der Waals surface area contributed by atoms with E-state index in [-0.39, 0.29) is 5.82 Å². The van der Waals surface area contributed by atoms with E-state index in [9.17, 15) is 9.18 Å². The molecule has 0 spiro atoms. The number of rotatable bonds is 2.